The quantitative estimate of drug-likeness (QED) is 0.454. The van der Waals surface area contributed by atoms with E-state index in [1.54, 1.807) is 0 Å². The van der Waals surface area contributed by atoms with Gasteiger partial charge in [0.05, 0.1) is 11.0 Å². The molecule has 0 aromatic rings. The van der Waals surface area contributed by atoms with E-state index in [1.165, 1.54) is 12.5 Å². The number of hydrogen-bond donors (Lipinski definition) is 0. The summed E-state index contributed by atoms with van der Waals surface area (Å²) in [5.41, 5.74) is -0.435. The Morgan fingerprint density at radius 1 is 1.43 bits per heavy atom. The number of carbonyl (C=O) groups is 1. The molecule has 2 aliphatic rings. The van der Waals surface area contributed by atoms with Gasteiger partial charge < -0.3 is 4.74 Å². The maximum Gasteiger partial charge on any atom is 0.372 e. The van der Waals surface area contributed by atoms with Crippen molar-refractivity contribution >= 4 is 17.1 Å². The monoisotopic (exact) mass is 209 g/mol. The van der Waals surface area contributed by atoms with E-state index in [-0.39, 0.29) is 5.30 Å². The van der Waals surface area contributed by atoms with E-state index in [9.17, 15) is 4.79 Å². The molecule has 1 aliphatic carbocycles. The van der Waals surface area contributed by atoms with Crippen LogP contribution in [-0.4, -0.2) is 10.9 Å². The Hall–Kier alpha value is -0.950. The van der Waals surface area contributed by atoms with Gasteiger partial charge in [0.15, 0.2) is 0 Å². The molecule has 0 aromatic carbocycles. The number of ether oxygens (including phenoxy) is 1. The number of hydrogen-bond acceptors (Lipinski definition) is 4. The van der Waals surface area contributed by atoms with E-state index in [0.29, 0.717) is 0 Å². The van der Waals surface area contributed by atoms with Crippen molar-refractivity contribution in [2.45, 2.75) is 37.7 Å². The van der Waals surface area contributed by atoms with Crippen molar-refractivity contribution in [3.05, 3.63) is 11.0 Å². The van der Waals surface area contributed by atoms with E-state index >= 15 is 0 Å². The Kier molecular flexibility index (Phi) is 2.51. The smallest absolute Gasteiger partial charge is 0.372 e. The van der Waals surface area contributed by atoms with Crippen molar-refractivity contribution in [3.63, 3.8) is 0 Å². The zero-order valence-corrected chi connectivity index (χ0v) is 8.60. The second-order valence-electron chi connectivity index (χ2n) is 3.65. The van der Waals surface area contributed by atoms with Crippen LogP contribution in [0.25, 0.3) is 0 Å². The normalized spacial score (nSPS) is 27.6. The summed E-state index contributed by atoms with van der Waals surface area (Å²) in [6.07, 6.45) is 6.57. The molecule has 1 heterocycles. The summed E-state index contributed by atoms with van der Waals surface area (Å²) in [7, 11) is 0. The van der Waals surface area contributed by atoms with Crippen LogP contribution in [0.15, 0.2) is 11.0 Å². The second kappa shape index (κ2) is 3.66. The molecule has 2 rings (SSSR count). The number of carbonyl (C=O) groups excluding carboxylic acids is 1. The van der Waals surface area contributed by atoms with E-state index < -0.39 is 5.60 Å². The Morgan fingerprint density at radius 2 is 2.14 bits per heavy atom. The lowest BCUT2D eigenvalue weighted by Gasteiger charge is -2.31. The Morgan fingerprint density at radius 3 is 2.79 bits per heavy atom. The molecule has 0 radical (unpaired) electrons. The van der Waals surface area contributed by atoms with Gasteiger partial charge in [0.2, 0.25) is 0 Å². The van der Waals surface area contributed by atoms with Crippen molar-refractivity contribution in [2.75, 3.05) is 0 Å². The molecule has 0 unspecified atom stereocenters. The summed E-state index contributed by atoms with van der Waals surface area (Å²) in [5.74, 6) is 0. The third kappa shape index (κ3) is 1.53. The molecule has 0 atom stereocenters. The second-order valence-corrected chi connectivity index (χ2v) is 4.62. The number of thioether (sulfide) groups is 1. The molecule has 0 amide bonds. The fraction of sp³-hybridized carbons (Fsp3) is 0.600. The van der Waals surface area contributed by atoms with Crippen molar-refractivity contribution in [1.82, 2.24) is 0 Å². The van der Waals surface area contributed by atoms with Gasteiger partial charge in [-0.05, 0) is 37.4 Å². The lowest BCUT2D eigenvalue weighted by atomic mass is 9.84. The molecular formula is C10H11NO2S. The van der Waals surface area contributed by atoms with E-state index in [2.05, 4.69) is 0 Å². The first-order valence-electron chi connectivity index (χ1n) is 4.78. The Labute approximate surface area is 87.1 Å². The van der Waals surface area contributed by atoms with Gasteiger partial charge in [0.25, 0.3) is 0 Å². The molecule has 2 fully saturated rings. The summed E-state index contributed by atoms with van der Waals surface area (Å²) < 4.78 is 5.36. The largest absolute Gasteiger partial charge is 0.445 e. The fourth-order valence-electron chi connectivity index (χ4n) is 2.10. The van der Waals surface area contributed by atoms with Crippen LogP contribution < -0.4 is 0 Å². The average molecular weight is 209 g/mol. The maximum absolute atomic E-state index is 11.2. The van der Waals surface area contributed by atoms with Crippen LogP contribution in [0.2, 0.25) is 0 Å². The number of nitriles is 1. The summed E-state index contributed by atoms with van der Waals surface area (Å²) >= 11 is 1.07. The molecule has 1 saturated carbocycles. The standard InChI is InChI=1S/C10H11NO2S/c11-7-4-8-10(13-9(12)14-8)5-2-1-3-6-10/h4H,1-3,5-6H2. The zero-order valence-electron chi connectivity index (χ0n) is 7.78. The average Bonchev–Trinajstić information content (AvgIpc) is 2.45. The first kappa shape index (κ1) is 9.60. The maximum atomic E-state index is 11.2. The molecule has 0 bridgehead atoms. The molecule has 1 spiro atoms. The van der Waals surface area contributed by atoms with Crippen LogP contribution in [-0.2, 0) is 4.74 Å². The van der Waals surface area contributed by atoms with Crippen LogP contribution >= 0.6 is 11.8 Å². The third-order valence-electron chi connectivity index (χ3n) is 2.78. The predicted octanol–water partition coefficient (Wildman–Crippen LogP) is 2.98. The highest BCUT2D eigenvalue weighted by Crippen LogP contribution is 2.48. The number of rotatable bonds is 0. The van der Waals surface area contributed by atoms with Gasteiger partial charge >= 0.3 is 5.30 Å². The molecule has 0 aromatic heterocycles. The fourth-order valence-corrected chi connectivity index (χ4v) is 3.03. The van der Waals surface area contributed by atoms with Gasteiger partial charge in [0, 0.05) is 6.08 Å². The minimum absolute atomic E-state index is 0.256. The van der Waals surface area contributed by atoms with E-state index in [0.717, 1.165) is 42.4 Å². The number of allylic oxidation sites excluding steroid dienone is 1. The van der Waals surface area contributed by atoms with Crippen molar-refractivity contribution in [1.29, 1.82) is 5.26 Å². The van der Waals surface area contributed by atoms with Gasteiger partial charge in [-0.3, -0.25) is 0 Å². The highest BCUT2D eigenvalue weighted by molar-refractivity contribution is 8.17. The van der Waals surface area contributed by atoms with Crippen LogP contribution in [0.1, 0.15) is 32.1 Å². The highest BCUT2D eigenvalue weighted by atomic mass is 32.2. The Bertz CT molecular complexity index is 324. The lowest BCUT2D eigenvalue weighted by Crippen LogP contribution is -2.32. The molecule has 74 valence electrons. The molecule has 4 heteroatoms. The minimum atomic E-state index is -0.435. The summed E-state index contributed by atoms with van der Waals surface area (Å²) in [4.78, 5) is 12.0. The van der Waals surface area contributed by atoms with Gasteiger partial charge in [-0.2, -0.15) is 5.26 Å². The van der Waals surface area contributed by atoms with Gasteiger partial charge in [-0.25, -0.2) is 4.79 Å². The van der Waals surface area contributed by atoms with Crippen molar-refractivity contribution < 1.29 is 9.53 Å². The van der Waals surface area contributed by atoms with Crippen LogP contribution in [0.5, 0.6) is 0 Å². The van der Waals surface area contributed by atoms with Crippen molar-refractivity contribution in [2.24, 2.45) is 0 Å². The minimum Gasteiger partial charge on any atom is -0.445 e. The van der Waals surface area contributed by atoms with Crippen LogP contribution in [0, 0.1) is 11.3 Å². The molecular weight excluding hydrogens is 198 g/mol. The highest BCUT2D eigenvalue weighted by Gasteiger charge is 2.46. The number of nitrogens with zero attached hydrogens (tertiary/aromatic N) is 1. The molecule has 1 aliphatic heterocycles. The Balaban J connectivity index is 2.27. The topological polar surface area (TPSA) is 50.1 Å². The van der Waals surface area contributed by atoms with Crippen molar-refractivity contribution in [3.8, 4) is 6.07 Å². The zero-order chi connectivity index (χ0) is 10.0. The van der Waals surface area contributed by atoms with E-state index in [1.807, 2.05) is 6.07 Å². The molecule has 0 N–H and O–H groups in total. The van der Waals surface area contributed by atoms with E-state index in [4.69, 9.17) is 10.00 Å². The van der Waals surface area contributed by atoms with Gasteiger partial charge in [-0.15, -0.1) is 0 Å². The molecule has 1 saturated heterocycles. The van der Waals surface area contributed by atoms with Crippen LogP contribution in [0.4, 0.5) is 4.79 Å². The summed E-state index contributed by atoms with van der Waals surface area (Å²) in [6, 6.07) is 1.99. The summed E-state index contributed by atoms with van der Waals surface area (Å²) in [5, 5.41) is 8.36. The SMILES string of the molecule is N#CC=C1SC(=O)OC12CCCCC2. The predicted molar refractivity (Wildman–Crippen MR) is 53.6 cm³/mol. The van der Waals surface area contributed by atoms with Gasteiger partial charge in [0.1, 0.15) is 5.60 Å². The molecule has 14 heavy (non-hydrogen) atoms. The first-order valence-corrected chi connectivity index (χ1v) is 5.60. The summed E-state index contributed by atoms with van der Waals surface area (Å²) in [6.45, 7) is 0. The lowest BCUT2D eigenvalue weighted by molar-refractivity contribution is 0.0414. The third-order valence-corrected chi connectivity index (χ3v) is 3.74. The first-order chi connectivity index (χ1) is 6.77. The van der Waals surface area contributed by atoms with Gasteiger partial charge in [-0.1, -0.05) is 6.42 Å². The molecule has 3 nitrogen and oxygen atoms in total. The van der Waals surface area contributed by atoms with Crippen LogP contribution in [0.3, 0.4) is 0 Å².